The van der Waals surface area contributed by atoms with Crippen molar-refractivity contribution in [1.82, 2.24) is 10.2 Å². The molecule has 1 fully saturated rings. The number of carbonyl (C=O) groups excluding carboxylic acids is 2. The molecule has 2 atom stereocenters. The zero-order valence-corrected chi connectivity index (χ0v) is 10.3. The van der Waals surface area contributed by atoms with E-state index in [1.807, 2.05) is 0 Å². The molecular formula is C11H18N2O4. The summed E-state index contributed by atoms with van der Waals surface area (Å²) in [6.45, 7) is 5.53. The predicted molar refractivity (Wildman–Crippen MR) is 60.1 cm³/mol. The Morgan fingerprint density at radius 1 is 1.29 bits per heavy atom. The standard InChI is InChI=1S/C11H18N2O4/c1-6(11(16)17)9-4-13(5-9)10(15)7(2)12-8(3)14/h6-7,9H,4-5H2,1-3H3,(H,12,14)(H,16,17). The highest BCUT2D eigenvalue weighted by molar-refractivity contribution is 5.87. The molecule has 1 rings (SSSR count). The molecule has 0 aromatic carbocycles. The lowest BCUT2D eigenvalue weighted by molar-refractivity contribution is -0.151. The van der Waals surface area contributed by atoms with E-state index in [0.717, 1.165) is 0 Å². The Balaban J connectivity index is 2.39. The van der Waals surface area contributed by atoms with E-state index in [2.05, 4.69) is 5.32 Å². The van der Waals surface area contributed by atoms with Gasteiger partial charge in [0.1, 0.15) is 6.04 Å². The molecule has 6 heteroatoms. The molecular weight excluding hydrogens is 224 g/mol. The molecule has 0 aromatic rings. The molecule has 6 nitrogen and oxygen atoms in total. The number of carbonyl (C=O) groups is 3. The Labute approximate surface area is 100.0 Å². The van der Waals surface area contributed by atoms with Crippen molar-refractivity contribution < 1.29 is 19.5 Å². The highest BCUT2D eigenvalue weighted by atomic mass is 16.4. The summed E-state index contributed by atoms with van der Waals surface area (Å²) in [7, 11) is 0. The van der Waals surface area contributed by atoms with Crippen LogP contribution in [0.15, 0.2) is 0 Å². The molecule has 0 aromatic heterocycles. The van der Waals surface area contributed by atoms with Crippen molar-refractivity contribution >= 4 is 17.8 Å². The fraction of sp³-hybridized carbons (Fsp3) is 0.727. The maximum atomic E-state index is 11.8. The maximum absolute atomic E-state index is 11.8. The van der Waals surface area contributed by atoms with Gasteiger partial charge in [0.15, 0.2) is 0 Å². The summed E-state index contributed by atoms with van der Waals surface area (Å²) in [5.74, 6) is -1.66. The number of nitrogens with zero attached hydrogens (tertiary/aromatic N) is 1. The van der Waals surface area contributed by atoms with Crippen LogP contribution in [-0.2, 0) is 14.4 Å². The number of hydrogen-bond donors (Lipinski definition) is 2. The van der Waals surface area contributed by atoms with Crippen LogP contribution < -0.4 is 5.32 Å². The van der Waals surface area contributed by atoms with Crippen molar-refractivity contribution in [2.24, 2.45) is 11.8 Å². The summed E-state index contributed by atoms with van der Waals surface area (Å²) in [6, 6.07) is -0.548. The second-order valence-electron chi connectivity index (χ2n) is 4.55. The fourth-order valence-electron chi connectivity index (χ4n) is 1.85. The SMILES string of the molecule is CC(=O)NC(C)C(=O)N1CC(C(C)C(=O)O)C1. The van der Waals surface area contributed by atoms with Crippen LogP contribution in [0, 0.1) is 11.8 Å². The summed E-state index contributed by atoms with van der Waals surface area (Å²) in [6.07, 6.45) is 0. The van der Waals surface area contributed by atoms with Gasteiger partial charge in [-0.3, -0.25) is 14.4 Å². The first-order chi connectivity index (χ1) is 7.82. The van der Waals surface area contributed by atoms with Crippen molar-refractivity contribution in [2.45, 2.75) is 26.8 Å². The van der Waals surface area contributed by atoms with Gasteiger partial charge in [0.25, 0.3) is 0 Å². The van der Waals surface area contributed by atoms with Crippen LogP contribution >= 0.6 is 0 Å². The second-order valence-corrected chi connectivity index (χ2v) is 4.55. The first-order valence-corrected chi connectivity index (χ1v) is 5.61. The molecule has 2 unspecified atom stereocenters. The molecule has 2 N–H and O–H groups in total. The molecule has 0 bridgehead atoms. The van der Waals surface area contributed by atoms with Gasteiger partial charge in [0.2, 0.25) is 11.8 Å². The average molecular weight is 242 g/mol. The van der Waals surface area contributed by atoms with E-state index in [1.165, 1.54) is 6.92 Å². The van der Waals surface area contributed by atoms with E-state index < -0.39 is 17.9 Å². The van der Waals surface area contributed by atoms with Crippen LogP contribution in [0.3, 0.4) is 0 Å². The van der Waals surface area contributed by atoms with Gasteiger partial charge in [-0.25, -0.2) is 0 Å². The van der Waals surface area contributed by atoms with Crippen LogP contribution in [0.2, 0.25) is 0 Å². The summed E-state index contributed by atoms with van der Waals surface area (Å²) >= 11 is 0. The van der Waals surface area contributed by atoms with Crippen LogP contribution in [0.4, 0.5) is 0 Å². The van der Waals surface area contributed by atoms with Crippen molar-refractivity contribution in [2.75, 3.05) is 13.1 Å². The number of amides is 2. The van der Waals surface area contributed by atoms with E-state index in [9.17, 15) is 14.4 Å². The molecule has 1 aliphatic rings. The van der Waals surface area contributed by atoms with E-state index in [1.54, 1.807) is 18.7 Å². The first kappa shape index (κ1) is 13.5. The smallest absolute Gasteiger partial charge is 0.306 e. The van der Waals surface area contributed by atoms with Crippen molar-refractivity contribution in [3.63, 3.8) is 0 Å². The molecule has 17 heavy (non-hydrogen) atoms. The summed E-state index contributed by atoms with van der Waals surface area (Å²) in [5, 5.41) is 11.3. The minimum Gasteiger partial charge on any atom is -0.481 e. The molecule has 2 amide bonds. The third-order valence-electron chi connectivity index (χ3n) is 3.11. The van der Waals surface area contributed by atoms with Gasteiger partial charge >= 0.3 is 5.97 Å². The quantitative estimate of drug-likeness (QED) is 0.708. The number of aliphatic carboxylic acids is 1. The molecule has 0 aliphatic carbocycles. The lowest BCUT2D eigenvalue weighted by Gasteiger charge is -2.42. The van der Waals surface area contributed by atoms with Crippen molar-refractivity contribution in [1.29, 1.82) is 0 Å². The van der Waals surface area contributed by atoms with Gasteiger partial charge in [-0.15, -0.1) is 0 Å². The molecule has 1 heterocycles. The lowest BCUT2D eigenvalue weighted by atomic mass is 9.86. The molecule has 1 aliphatic heterocycles. The Bertz CT molecular complexity index is 336. The maximum Gasteiger partial charge on any atom is 0.306 e. The Morgan fingerprint density at radius 3 is 2.24 bits per heavy atom. The van der Waals surface area contributed by atoms with Crippen molar-refractivity contribution in [3.8, 4) is 0 Å². The molecule has 1 saturated heterocycles. The Morgan fingerprint density at radius 2 is 1.82 bits per heavy atom. The minimum absolute atomic E-state index is 0.0148. The number of rotatable bonds is 4. The summed E-state index contributed by atoms with van der Waals surface area (Å²) in [5.41, 5.74) is 0. The zero-order valence-electron chi connectivity index (χ0n) is 10.3. The second kappa shape index (κ2) is 5.16. The van der Waals surface area contributed by atoms with Gasteiger partial charge in [-0.2, -0.15) is 0 Å². The van der Waals surface area contributed by atoms with E-state index >= 15 is 0 Å². The van der Waals surface area contributed by atoms with Gasteiger partial charge < -0.3 is 15.3 Å². The minimum atomic E-state index is -0.836. The number of nitrogens with one attached hydrogen (secondary N) is 1. The molecule has 0 saturated carbocycles. The average Bonchev–Trinajstić information content (AvgIpc) is 2.13. The van der Waals surface area contributed by atoms with E-state index in [4.69, 9.17) is 5.11 Å². The number of carboxylic acids is 1. The van der Waals surface area contributed by atoms with Gasteiger partial charge in [0, 0.05) is 25.9 Å². The van der Waals surface area contributed by atoms with Gasteiger partial charge in [-0.1, -0.05) is 6.92 Å². The Kier molecular flexibility index (Phi) is 4.09. The van der Waals surface area contributed by atoms with Crippen LogP contribution in [0.25, 0.3) is 0 Å². The topological polar surface area (TPSA) is 86.7 Å². The number of likely N-dealkylation sites (tertiary alicyclic amines) is 1. The third kappa shape index (κ3) is 3.18. The van der Waals surface area contributed by atoms with Crippen molar-refractivity contribution in [3.05, 3.63) is 0 Å². The van der Waals surface area contributed by atoms with Crippen LogP contribution in [-0.4, -0.2) is 46.9 Å². The zero-order chi connectivity index (χ0) is 13.2. The molecule has 96 valence electrons. The normalized spacial score (nSPS) is 19.1. The summed E-state index contributed by atoms with van der Waals surface area (Å²) in [4.78, 5) is 34.9. The number of hydrogen-bond acceptors (Lipinski definition) is 3. The Hall–Kier alpha value is -1.59. The monoisotopic (exact) mass is 242 g/mol. The highest BCUT2D eigenvalue weighted by Crippen LogP contribution is 2.24. The van der Waals surface area contributed by atoms with E-state index in [0.29, 0.717) is 13.1 Å². The fourth-order valence-corrected chi connectivity index (χ4v) is 1.85. The molecule has 0 spiro atoms. The van der Waals surface area contributed by atoms with E-state index in [-0.39, 0.29) is 17.7 Å². The van der Waals surface area contributed by atoms with Gasteiger partial charge in [0.05, 0.1) is 5.92 Å². The highest BCUT2D eigenvalue weighted by Gasteiger charge is 2.38. The predicted octanol–water partition coefficient (Wildman–Crippen LogP) is -0.310. The van der Waals surface area contributed by atoms with Crippen LogP contribution in [0.1, 0.15) is 20.8 Å². The third-order valence-corrected chi connectivity index (χ3v) is 3.11. The number of carboxylic acid groups (broad SMARTS) is 1. The summed E-state index contributed by atoms with van der Waals surface area (Å²) < 4.78 is 0. The van der Waals surface area contributed by atoms with Crippen LogP contribution in [0.5, 0.6) is 0 Å². The molecule has 0 radical (unpaired) electrons. The lowest BCUT2D eigenvalue weighted by Crippen LogP contribution is -2.58. The largest absolute Gasteiger partial charge is 0.481 e. The first-order valence-electron chi connectivity index (χ1n) is 5.61. The van der Waals surface area contributed by atoms with Gasteiger partial charge in [-0.05, 0) is 6.92 Å².